The molecule has 2 aliphatic rings. The number of imide groups is 1. The Bertz CT molecular complexity index is 649. The predicted octanol–water partition coefficient (Wildman–Crippen LogP) is 0.615. The van der Waals surface area contributed by atoms with Crippen LogP contribution in [0.5, 0.6) is 0 Å². The average molecular weight is 344 g/mol. The summed E-state index contributed by atoms with van der Waals surface area (Å²) < 4.78 is 0. The number of nitrogens with zero attached hydrogens (tertiary/aromatic N) is 4. The molecule has 0 bridgehead atoms. The zero-order chi connectivity index (χ0) is 17.8. The molecule has 0 spiro atoms. The van der Waals surface area contributed by atoms with Gasteiger partial charge in [0.2, 0.25) is 5.91 Å². The molecular formula is C18H24N4O3. The highest BCUT2D eigenvalue weighted by Gasteiger charge is 2.35. The molecule has 134 valence electrons. The van der Waals surface area contributed by atoms with Crippen molar-refractivity contribution in [1.82, 2.24) is 19.6 Å². The van der Waals surface area contributed by atoms with Crippen LogP contribution in [0, 0.1) is 0 Å². The Morgan fingerprint density at radius 1 is 1.04 bits per heavy atom. The molecule has 0 radical (unpaired) electrons. The number of benzene rings is 1. The third-order valence-electron chi connectivity index (χ3n) is 4.71. The Labute approximate surface area is 147 Å². The van der Waals surface area contributed by atoms with Crippen molar-refractivity contribution in [3.63, 3.8) is 0 Å². The lowest BCUT2D eigenvalue weighted by Crippen LogP contribution is -2.44. The largest absolute Gasteiger partial charge is 0.340 e. The summed E-state index contributed by atoms with van der Waals surface area (Å²) in [6.45, 7) is 3.79. The van der Waals surface area contributed by atoms with Crippen molar-refractivity contribution in [2.45, 2.75) is 13.0 Å². The van der Waals surface area contributed by atoms with Crippen molar-refractivity contribution in [3.8, 4) is 0 Å². The molecule has 0 aromatic heterocycles. The highest BCUT2D eigenvalue weighted by molar-refractivity contribution is 6.04. The van der Waals surface area contributed by atoms with Crippen LogP contribution in [-0.2, 0) is 16.1 Å². The average Bonchev–Trinajstić information content (AvgIpc) is 2.79. The van der Waals surface area contributed by atoms with Gasteiger partial charge in [-0.1, -0.05) is 30.3 Å². The molecule has 0 aliphatic carbocycles. The molecule has 2 fully saturated rings. The van der Waals surface area contributed by atoms with Crippen LogP contribution in [0.4, 0.5) is 4.79 Å². The highest BCUT2D eigenvalue weighted by Crippen LogP contribution is 2.11. The van der Waals surface area contributed by atoms with Crippen LogP contribution >= 0.6 is 0 Å². The molecule has 0 unspecified atom stereocenters. The first-order valence-corrected chi connectivity index (χ1v) is 8.64. The highest BCUT2D eigenvalue weighted by atomic mass is 16.2. The number of likely N-dealkylation sites (N-methyl/N-ethyl adjacent to an activating group) is 1. The van der Waals surface area contributed by atoms with E-state index in [4.69, 9.17) is 0 Å². The van der Waals surface area contributed by atoms with E-state index in [-0.39, 0.29) is 30.9 Å². The van der Waals surface area contributed by atoms with Gasteiger partial charge in [-0.15, -0.1) is 0 Å². The number of hydrogen-bond donors (Lipinski definition) is 0. The van der Waals surface area contributed by atoms with Crippen molar-refractivity contribution in [1.29, 1.82) is 0 Å². The fraction of sp³-hybridized carbons (Fsp3) is 0.500. The summed E-state index contributed by atoms with van der Waals surface area (Å²) in [7, 11) is 1.57. The van der Waals surface area contributed by atoms with Crippen LogP contribution in [0.25, 0.3) is 0 Å². The van der Waals surface area contributed by atoms with Crippen molar-refractivity contribution < 1.29 is 14.4 Å². The van der Waals surface area contributed by atoms with Crippen LogP contribution in [0.2, 0.25) is 0 Å². The predicted molar refractivity (Wildman–Crippen MR) is 92.7 cm³/mol. The fourth-order valence-electron chi connectivity index (χ4n) is 3.28. The van der Waals surface area contributed by atoms with Crippen LogP contribution in [-0.4, -0.2) is 83.8 Å². The molecule has 2 aliphatic heterocycles. The molecule has 7 nitrogen and oxygen atoms in total. The summed E-state index contributed by atoms with van der Waals surface area (Å²) in [6.07, 6.45) is 0.889. The van der Waals surface area contributed by atoms with E-state index in [2.05, 4.69) is 17.0 Å². The van der Waals surface area contributed by atoms with Gasteiger partial charge in [0, 0.05) is 39.8 Å². The van der Waals surface area contributed by atoms with Crippen LogP contribution in [0.1, 0.15) is 12.0 Å². The Balaban J connectivity index is 1.53. The van der Waals surface area contributed by atoms with Crippen molar-refractivity contribution in [2.75, 3.05) is 46.3 Å². The smallest absolute Gasteiger partial charge is 0.327 e. The lowest BCUT2D eigenvalue weighted by molar-refractivity contribution is -0.136. The van der Waals surface area contributed by atoms with Crippen LogP contribution in [0.15, 0.2) is 30.3 Å². The zero-order valence-electron chi connectivity index (χ0n) is 14.6. The van der Waals surface area contributed by atoms with Gasteiger partial charge in [-0.3, -0.25) is 19.4 Å². The Kier molecular flexibility index (Phi) is 5.33. The summed E-state index contributed by atoms with van der Waals surface area (Å²) in [5, 5.41) is 0. The molecular weight excluding hydrogens is 320 g/mol. The minimum atomic E-state index is -0.390. The summed E-state index contributed by atoms with van der Waals surface area (Å²) >= 11 is 0. The lowest BCUT2D eigenvalue weighted by atomic mass is 10.2. The topological polar surface area (TPSA) is 64.2 Å². The van der Waals surface area contributed by atoms with Gasteiger partial charge in [0.15, 0.2) is 0 Å². The van der Waals surface area contributed by atoms with Crippen molar-refractivity contribution >= 4 is 17.8 Å². The molecule has 0 N–H and O–H groups in total. The molecule has 2 saturated heterocycles. The van der Waals surface area contributed by atoms with E-state index >= 15 is 0 Å². The lowest BCUT2D eigenvalue weighted by Gasteiger charge is -2.23. The van der Waals surface area contributed by atoms with Gasteiger partial charge >= 0.3 is 6.03 Å². The number of carbonyl (C=O) groups is 3. The van der Waals surface area contributed by atoms with Crippen molar-refractivity contribution in [3.05, 3.63) is 35.9 Å². The maximum atomic E-state index is 12.5. The van der Waals surface area contributed by atoms with E-state index in [0.29, 0.717) is 13.1 Å². The normalized spacial score (nSPS) is 19.5. The number of rotatable bonds is 4. The first-order chi connectivity index (χ1) is 12.0. The minimum absolute atomic E-state index is 0.0525. The van der Waals surface area contributed by atoms with E-state index in [1.165, 1.54) is 10.5 Å². The third-order valence-corrected chi connectivity index (χ3v) is 4.71. The second-order valence-electron chi connectivity index (χ2n) is 6.61. The second-order valence-corrected chi connectivity index (χ2v) is 6.61. The number of carbonyl (C=O) groups excluding carboxylic acids is 3. The number of urea groups is 1. The van der Waals surface area contributed by atoms with E-state index in [9.17, 15) is 14.4 Å². The van der Waals surface area contributed by atoms with E-state index in [1.54, 1.807) is 11.9 Å². The van der Waals surface area contributed by atoms with Crippen LogP contribution in [0.3, 0.4) is 0 Å². The summed E-state index contributed by atoms with van der Waals surface area (Å²) in [5.41, 5.74) is 1.26. The molecule has 7 heteroatoms. The standard InChI is InChI=1S/C18H24N4O3/c1-19-13-17(24)22(18(19)25)14-16(23)21-9-5-8-20(10-11-21)12-15-6-3-2-4-7-15/h2-4,6-7H,5,8-14H2,1H3. The molecule has 3 rings (SSSR count). The monoisotopic (exact) mass is 344 g/mol. The Morgan fingerprint density at radius 3 is 2.48 bits per heavy atom. The second kappa shape index (κ2) is 7.65. The van der Waals surface area contributed by atoms with E-state index < -0.39 is 0 Å². The molecule has 1 aromatic rings. The molecule has 2 heterocycles. The third kappa shape index (κ3) is 4.17. The zero-order valence-corrected chi connectivity index (χ0v) is 14.6. The van der Waals surface area contributed by atoms with Gasteiger partial charge in [0.1, 0.15) is 13.1 Å². The molecule has 1 aromatic carbocycles. The minimum Gasteiger partial charge on any atom is -0.340 e. The summed E-state index contributed by atoms with van der Waals surface area (Å²) in [5.74, 6) is -0.458. The first kappa shape index (κ1) is 17.4. The summed E-state index contributed by atoms with van der Waals surface area (Å²) in [6, 6.07) is 9.89. The van der Waals surface area contributed by atoms with Gasteiger partial charge < -0.3 is 9.80 Å². The van der Waals surface area contributed by atoms with Crippen molar-refractivity contribution in [2.24, 2.45) is 0 Å². The van der Waals surface area contributed by atoms with Gasteiger partial charge in [-0.05, 0) is 12.0 Å². The van der Waals surface area contributed by atoms with Crippen LogP contribution < -0.4 is 0 Å². The Morgan fingerprint density at radius 2 is 1.80 bits per heavy atom. The molecule has 25 heavy (non-hydrogen) atoms. The maximum Gasteiger partial charge on any atom is 0.327 e. The quantitative estimate of drug-likeness (QED) is 0.751. The first-order valence-electron chi connectivity index (χ1n) is 8.64. The van der Waals surface area contributed by atoms with E-state index in [1.807, 2.05) is 18.2 Å². The number of amides is 4. The van der Waals surface area contributed by atoms with E-state index in [0.717, 1.165) is 31.0 Å². The molecule has 0 atom stereocenters. The maximum absolute atomic E-state index is 12.5. The van der Waals surface area contributed by atoms with Gasteiger partial charge in [0.05, 0.1) is 0 Å². The number of hydrogen-bond acceptors (Lipinski definition) is 4. The van der Waals surface area contributed by atoms with Gasteiger partial charge in [0.25, 0.3) is 5.91 Å². The fourth-order valence-corrected chi connectivity index (χ4v) is 3.28. The van der Waals surface area contributed by atoms with Gasteiger partial charge in [-0.2, -0.15) is 0 Å². The Hall–Kier alpha value is -2.41. The SMILES string of the molecule is CN1CC(=O)N(CC(=O)N2CCCN(Cc3ccccc3)CC2)C1=O. The molecule has 4 amide bonds. The van der Waals surface area contributed by atoms with Gasteiger partial charge in [-0.25, -0.2) is 4.79 Å². The molecule has 0 saturated carbocycles. The summed E-state index contributed by atoms with van der Waals surface area (Å²) in [4.78, 5) is 42.7.